The van der Waals surface area contributed by atoms with E-state index in [1.807, 2.05) is 6.07 Å². The van der Waals surface area contributed by atoms with Crippen molar-refractivity contribution in [1.82, 2.24) is 15.6 Å². The Labute approximate surface area is 208 Å². The summed E-state index contributed by atoms with van der Waals surface area (Å²) in [6.07, 6.45) is 5.92. The first-order valence-electron chi connectivity index (χ1n) is 11.9. The molecule has 0 bridgehead atoms. The number of sulfone groups is 1. The normalized spacial score (nSPS) is 18.2. The summed E-state index contributed by atoms with van der Waals surface area (Å²) < 4.78 is 29.2. The molecule has 2 saturated carbocycles. The van der Waals surface area contributed by atoms with Gasteiger partial charge in [-0.3, -0.25) is 9.59 Å². The maximum atomic E-state index is 13.2. The molecule has 2 aliphatic rings. The standard InChI is InChI=1S/C26H26N4O5S/c1-36(33,34)19-8-5-17(6-9-19)18-7-10-20-21(15-18)35-23(28-20)22(31)29-26(11-3-2-4-12-26)24(32)30-25(16-27)13-14-25/h5-10,15H,2-4,11-14H2,1H3,(H,29,31)(H,30,32). The van der Waals surface area contributed by atoms with Gasteiger partial charge in [-0.05, 0) is 61.1 Å². The van der Waals surface area contributed by atoms with Crippen LogP contribution in [0.2, 0.25) is 0 Å². The van der Waals surface area contributed by atoms with Gasteiger partial charge in [-0.25, -0.2) is 13.4 Å². The zero-order chi connectivity index (χ0) is 25.6. The molecule has 2 amide bonds. The van der Waals surface area contributed by atoms with Crippen molar-refractivity contribution < 1.29 is 22.4 Å². The van der Waals surface area contributed by atoms with E-state index in [1.54, 1.807) is 36.4 Å². The largest absolute Gasteiger partial charge is 0.432 e. The van der Waals surface area contributed by atoms with E-state index < -0.39 is 26.8 Å². The van der Waals surface area contributed by atoms with Crippen LogP contribution in [0.5, 0.6) is 0 Å². The maximum Gasteiger partial charge on any atom is 0.308 e. The maximum absolute atomic E-state index is 13.2. The number of rotatable bonds is 6. The second kappa shape index (κ2) is 8.75. The van der Waals surface area contributed by atoms with Crippen LogP contribution in [0.1, 0.15) is 55.6 Å². The number of nitriles is 1. The number of hydrogen-bond acceptors (Lipinski definition) is 7. The molecular weight excluding hydrogens is 480 g/mol. The number of carbonyl (C=O) groups is 2. The predicted octanol–water partition coefficient (Wildman–Crippen LogP) is 3.50. The number of nitrogens with one attached hydrogen (secondary N) is 2. The third-order valence-electron chi connectivity index (χ3n) is 7.01. The van der Waals surface area contributed by atoms with Crippen LogP contribution in [0.3, 0.4) is 0 Å². The molecule has 10 heteroatoms. The van der Waals surface area contributed by atoms with E-state index in [0.717, 1.165) is 36.6 Å². The van der Waals surface area contributed by atoms with Crippen molar-refractivity contribution in [3.8, 4) is 17.2 Å². The van der Waals surface area contributed by atoms with Crippen LogP contribution in [0.25, 0.3) is 22.2 Å². The molecule has 2 fully saturated rings. The van der Waals surface area contributed by atoms with Gasteiger partial charge in [0, 0.05) is 6.26 Å². The predicted molar refractivity (Wildman–Crippen MR) is 132 cm³/mol. The van der Waals surface area contributed by atoms with Crippen LogP contribution in [-0.2, 0) is 14.6 Å². The minimum atomic E-state index is -3.29. The average Bonchev–Trinajstić information content (AvgIpc) is 3.51. The molecule has 0 atom stereocenters. The Morgan fingerprint density at radius 2 is 1.64 bits per heavy atom. The van der Waals surface area contributed by atoms with E-state index in [4.69, 9.17) is 4.42 Å². The number of aromatic nitrogens is 1. The van der Waals surface area contributed by atoms with Crippen LogP contribution >= 0.6 is 0 Å². The number of hydrogen-bond donors (Lipinski definition) is 2. The molecule has 3 aromatic rings. The Hall–Kier alpha value is -3.71. The lowest BCUT2D eigenvalue weighted by atomic mass is 9.80. The fourth-order valence-electron chi connectivity index (χ4n) is 4.66. The van der Waals surface area contributed by atoms with Crippen molar-refractivity contribution in [2.45, 2.75) is 60.9 Å². The van der Waals surface area contributed by atoms with E-state index in [9.17, 15) is 23.3 Å². The Balaban J connectivity index is 1.38. The van der Waals surface area contributed by atoms with E-state index in [1.165, 1.54) is 0 Å². The monoisotopic (exact) mass is 506 g/mol. The third kappa shape index (κ3) is 4.58. The molecule has 9 nitrogen and oxygen atoms in total. The van der Waals surface area contributed by atoms with Crippen molar-refractivity contribution in [2.24, 2.45) is 0 Å². The molecule has 1 heterocycles. The number of carbonyl (C=O) groups excluding carboxylic acids is 2. The number of nitrogens with zero attached hydrogens (tertiary/aromatic N) is 2. The van der Waals surface area contributed by atoms with Gasteiger partial charge >= 0.3 is 5.91 Å². The van der Waals surface area contributed by atoms with Crippen molar-refractivity contribution in [3.63, 3.8) is 0 Å². The van der Waals surface area contributed by atoms with Crippen LogP contribution in [0.15, 0.2) is 51.8 Å². The smallest absolute Gasteiger partial charge is 0.308 e. The van der Waals surface area contributed by atoms with Gasteiger partial charge in [-0.2, -0.15) is 5.26 Å². The molecule has 0 aliphatic heterocycles. The number of benzene rings is 2. The molecule has 0 unspecified atom stereocenters. The summed E-state index contributed by atoms with van der Waals surface area (Å²) in [5.41, 5.74) is 0.527. The molecule has 0 radical (unpaired) electrons. The molecule has 0 saturated heterocycles. The zero-order valence-corrected chi connectivity index (χ0v) is 20.7. The minimum Gasteiger partial charge on any atom is -0.432 e. The summed E-state index contributed by atoms with van der Waals surface area (Å²) in [5.74, 6) is -1.05. The quantitative estimate of drug-likeness (QED) is 0.521. The summed E-state index contributed by atoms with van der Waals surface area (Å²) in [7, 11) is -3.29. The fraction of sp³-hybridized carbons (Fsp3) is 0.385. The highest BCUT2D eigenvalue weighted by Crippen LogP contribution is 2.37. The van der Waals surface area contributed by atoms with Crippen LogP contribution in [0, 0.1) is 11.3 Å². The molecule has 2 N–H and O–H groups in total. The van der Waals surface area contributed by atoms with Gasteiger partial charge in [-0.15, -0.1) is 0 Å². The number of amides is 2. The fourth-order valence-corrected chi connectivity index (χ4v) is 5.29. The van der Waals surface area contributed by atoms with Gasteiger partial charge in [0.05, 0.1) is 11.0 Å². The van der Waals surface area contributed by atoms with Gasteiger partial charge in [-0.1, -0.05) is 37.5 Å². The first-order chi connectivity index (χ1) is 17.1. The van der Waals surface area contributed by atoms with Crippen LogP contribution < -0.4 is 10.6 Å². The molecule has 1 aromatic heterocycles. The van der Waals surface area contributed by atoms with Gasteiger partial charge in [0.2, 0.25) is 5.91 Å². The second-order valence-electron chi connectivity index (χ2n) is 9.74. The summed E-state index contributed by atoms with van der Waals surface area (Å²) in [4.78, 5) is 30.9. The summed E-state index contributed by atoms with van der Waals surface area (Å²) >= 11 is 0. The van der Waals surface area contributed by atoms with Crippen molar-refractivity contribution in [3.05, 3.63) is 48.4 Å². The van der Waals surface area contributed by atoms with E-state index in [2.05, 4.69) is 21.7 Å². The number of oxazole rings is 1. The Bertz CT molecular complexity index is 1490. The SMILES string of the molecule is CS(=O)(=O)c1ccc(-c2ccc3nc(C(=O)NC4(C(=O)NC5(C#N)CC5)CCCCC4)oc3c2)cc1. The van der Waals surface area contributed by atoms with E-state index in [-0.39, 0.29) is 16.7 Å². The Morgan fingerprint density at radius 1 is 0.972 bits per heavy atom. The lowest BCUT2D eigenvalue weighted by Gasteiger charge is -2.36. The molecular formula is C26H26N4O5S. The summed E-state index contributed by atoms with van der Waals surface area (Å²) in [6.45, 7) is 0. The van der Waals surface area contributed by atoms with Crippen LogP contribution in [0.4, 0.5) is 0 Å². The molecule has 5 rings (SSSR count). The molecule has 2 aromatic carbocycles. The van der Waals surface area contributed by atoms with E-state index in [0.29, 0.717) is 36.8 Å². The summed E-state index contributed by atoms with van der Waals surface area (Å²) in [5, 5.41) is 15.1. The first kappa shape index (κ1) is 24.0. The third-order valence-corrected chi connectivity index (χ3v) is 8.14. The van der Waals surface area contributed by atoms with Crippen molar-refractivity contribution in [2.75, 3.05) is 6.26 Å². The minimum absolute atomic E-state index is 0.145. The van der Waals surface area contributed by atoms with Gasteiger partial charge in [0.15, 0.2) is 15.4 Å². The van der Waals surface area contributed by atoms with Crippen LogP contribution in [-0.4, -0.2) is 42.5 Å². The van der Waals surface area contributed by atoms with Gasteiger partial charge in [0.25, 0.3) is 5.89 Å². The van der Waals surface area contributed by atoms with Gasteiger partial charge < -0.3 is 15.1 Å². The second-order valence-corrected chi connectivity index (χ2v) is 11.8. The highest BCUT2D eigenvalue weighted by Gasteiger charge is 2.50. The molecule has 36 heavy (non-hydrogen) atoms. The number of fused-ring (bicyclic) bond motifs is 1. The van der Waals surface area contributed by atoms with Gasteiger partial charge in [0.1, 0.15) is 16.6 Å². The highest BCUT2D eigenvalue weighted by molar-refractivity contribution is 7.90. The Morgan fingerprint density at radius 3 is 2.25 bits per heavy atom. The lowest BCUT2D eigenvalue weighted by Crippen LogP contribution is -2.61. The van der Waals surface area contributed by atoms with Crippen molar-refractivity contribution in [1.29, 1.82) is 5.26 Å². The molecule has 186 valence electrons. The highest BCUT2D eigenvalue weighted by atomic mass is 32.2. The molecule has 2 aliphatic carbocycles. The Kier molecular flexibility index (Phi) is 5.83. The summed E-state index contributed by atoms with van der Waals surface area (Å²) in [6, 6.07) is 13.9. The lowest BCUT2D eigenvalue weighted by molar-refractivity contribution is -0.129. The van der Waals surface area contributed by atoms with E-state index >= 15 is 0 Å². The average molecular weight is 507 g/mol. The molecule has 0 spiro atoms. The zero-order valence-electron chi connectivity index (χ0n) is 19.8. The first-order valence-corrected chi connectivity index (χ1v) is 13.8. The van der Waals surface area contributed by atoms with Crippen molar-refractivity contribution >= 4 is 32.8 Å². The topological polar surface area (TPSA) is 142 Å².